The van der Waals surface area contributed by atoms with Crippen LogP contribution in [0.3, 0.4) is 0 Å². The van der Waals surface area contributed by atoms with Crippen molar-refractivity contribution in [1.29, 1.82) is 0 Å². The molecule has 1 heterocycles. The van der Waals surface area contributed by atoms with Crippen molar-refractivity contribution >= 4 is 34.6 Å². The summed E-state index contributed by atoms with van der Waals surface area (Å²) in [4.78, 5) is 16.6. The first-order valence-electron chi connectivity index (χ1n) is 6.83. The fourth-order valence-electron chi connectivity index (χ4n) is 2.05. The Balaban J connectivity index is 1.90. The summed E-state index contributed by atoms with van der Waals surface area (Å²) < 4.78 is 26.9. The van der Waals surface area contributed by atoms with Crippen molar-refractivity contribution in [3.63, 3.8) is 0 Å². The summed E-state index contributed by atoms with van der Waals surface area (Å²) in [5.74, 6) is -1.53. The highest BCUT2D eigenvalue weighted by molar-refractivity contribution is 8.18. The lowest BCUT2D eigenvalue weighted by atomic mass is 10.2. The Kier molecular flexibility index (Phi) is 4.25. The van der Waals surface area contributed by atoms with Gasteiger partial charge in [-0.2, -0.15) is 0 Å². The summed E-state index contributed by atoms with van der Waals surface area (Å²) in [7, 11) is 0. The summed E-state index contributed by atoms with van der Waals surface area (Å²) in [6, 6.07) is 10.6. The molecule has 1 saturated heterocycles. The molecule has 2 aromatic rings. The van der Waals surface area contributed by atoms with Crippen LogP contribution in [0, 0.1) is 18.6 Å². The van der Waals surface area contributed by atoms with Crippen molar-refractivity contribution in [2.75, 3.05) is 0 Å². The van der Waals surface area contributed by atoms with Crippen LogP contribution in [0.1, 0.15) is 11.1 Å². The van der Waals surface area contributed by atoms with E-state index in [2.05, 4.69) is 10.3 Å². The highest BCUT2D eigenvalue weighted by Crippen LogP contribution is 2.29. The van der Waals surface area contributed by atoms with Crippen molar-refractivity contribution in [2.45, 2.75) is 6.92 Å². The summed E-state index contributed by atoms with van der Waals surface area (Å²) in [6.07, 6.45) is 1.32. The third-order valence-electron chi connectivity index (χ3n) is 3.23. The maximum atomic E-state index is 13.7. The number of carbonyl (C=O) groups is 1. The number of amides is 1. The van der Waals surface area contributed by atoms with E-state index in [1.807, 2.05) is 31.2 Å². The molecule has 3 nitrogen and oxygen atoms in total. The molecular weight excluding hydrogens is 318 g/mol. The van der Waals surface area contributed by atoms with E-state index in [4.69, 9.17) is 0 Å². The topological polar surface area (TPSA) is 41.5 Å². The van der Waals surface area contributed by atoms with Crippen LogP contribution in [-0.4, -0.2) is 11.1 Å². The Morgan fingerprint density at radius 2 is 1.96 bits per heavy atom. The van der Waals surface area contributed by atoms with Gasteiger partial charge in [0.05, 0.1) is 10.6 Å². The van der Waals surface area contributed by atoms with Gasteiger partial charge >= 0.3 is 0 Å². The van der Waals surface area contributed by atoms with Gasteiger partial charge in [-0.15, -0.1) is 0 Å². The van der Waals surface area contributed by atoms with Crippen LogP contribution in [0.5, 0.6) is 0 Å². The second-order valence-electron chi connectivity index (χ2n) is 4.93. The van der Waals surface area contributed by atoms with E-state index in [1.54, 1.807) is 0 Å². The average molecular weight is 330 g/mol. The van der Waals surface area contributed by atoms with Crippen molar-refractivity contribution in [2.24, 2.45) is 4.99 Å². The molecule has 0 saturated carbocycles. The maximum absolute atomic E-state index is 13.7. The molecule has 0 aliphatic carbocycles. The number of halogens is 2. The maximum Gasteiger partial charge on any atom is 0.264 e. The third-order valence-corrected chi connectivity index (χ3v) is 4.14. The predicted octanol–water partition coefficient (Wildman–Crippen LogP) is 4.16. The molecule has 0 aromatic heterocycles. The van der Waals surface area contributed by atoms with Gasteiger partial charge in [-0.05, 0) is 54.6 Å². The number of amidine groups is 1. The van der Waals surface area contributed by atoms with Gasteiger partial charge in [-0.1, -0.05) is 18.2 Å². The molecule has 0 unspecified atom stereocenters. The number of rotatable bonds is 2. The molecular formula is C17H12F2N2OS. The molecule has 1 N–H and O–H groups in total. The molecule has 1 aliphatic rings. The number of thioether (sulfide) groups is 1. The van der Waals surface area contributed by atoms with Crippen LogP contribution >= 0.6 is 11.8 Å². The molecule has 6 heteroatoms. The number of carbonyl (C=O) groups excluding carboxylic acids is 1. The fourth-order valence-corrected chi connectivity index (χ4v) is 2.87. The van der Waals surface area contributed by atoms with Crippen molar-refractivity contribution in [3.05, 3.63) is 70.1 Å². The minimum absolute atomic E-state index is 0.0276. The Labute approximate surface area is 136 Å². The third kappa shape index (κ3) is 3.48. The predicted molar refractivity (Wildman–Crippen MR) is 88.3 cm³/mol. The molecule has 3 rings (SSSR count). The number of aliphatic imine (C=N–C) groups is 1. The molecule has 1 fully saturated rings. The first kappa shape index (κ1) is 15.4. The summed E-state index contributed by atoms with van der Waals surface area (Å²) in [6.45, 7) is 1.92. The number of aryl methyl sites for hydroxylation is 1. The van der Waals surface area contributed by atoms with Gasteiger partial charge in [0.15, 0.2) is 5.17 Å². The van der Waals surface area contributed by atoms with E-state index >= 15 is 0 Å². The van der Waals surface area contributed by atoms with E-state index in [0.29, 0.717) is 5.17 Å². The lowest BCUT2D eigenvalue weighted by Gasteiger charge is -1.99. The van der Waals surface area contributed by atoms with Gasteiger partial charge < -0.3 is 5.32 Å². The van der Waals surface area contributed by atoms with Crippen molar-refractivity contribution < 1.29 is 13.6 Å². The van der Waals surface area contributed by atoms with Crippen LogP contribution in [0.15, 0.2) is 52.4 Å². The number of nitrogens with one attached hydrogen (secondary N) is 1. The highest BCUT2D eigenvalue weighted by Gasteiger charge is 2.24. The average Bonchev–Trinajstić information content (AvgIpc) is 2.85. The molecule has 1 amide bonds. The summed E-state index contributed by atoms with van der Waals surface area (Å²) in [5, 5.41) is 3.03. The Bertz CT molecular complexity index is 846. The molecule has 0 bridgehead atoms. The number of hydrogen-bond acceptors (Lipinski definition) is 3. The molecule has 1 aliphatic heterocycles. The van der Waals surface area contributed by atoms with Crippen LogP contribution in [0.2, 0.25) is 0 Å². The molecule has 23 heavy (non-hydrogen) atoms. The van der Waals surface area contributed by atoms with E-state index in [0.717, 1.165) is 41.2 Å². The van der Waals surface area contributed by atoms with E-state index in [1.165, 1.54) is 6.08 Å². The SMILES string of the molecule is Cc1ccccc1N=C1NC(=O)/C(=C\c2cc(F)ccc2F)S1. The minimum atomic E-state index is -0.586. The first-order chi connectivity index (χ1) is 11.0. The molecule has 2 aromatic carbocycles. The van der Waals surface area contributed by atoms with Gasteiger partial charge in [0.25, 0.3) is 5.91 Å². The number of hydrogen-bond donors (Lipinski definition) is 1. The molecule has 0 radical (unpaired) electrons. The molecule has 0 spiro atoms. The van der Waals surface area contributed by atoms with Gasteiger partial charge in [0.1, 0.15) is 11.6 Å². The lowest BCUT2D eigenvalue weighted by Crippen LogP contribution is -2.19. The first-order valence-corrected chi connectivity index (χ1v) is 7.65. The number of para-hydroxylation sites is 1. The number of benzene rings is 2. The van der Waals surface area contributed by atoms with Crippen LogP contribution < -0.4 is 5.32 Å². The van der Waals surface area contributed by atoms with Crippen LogP contribution in [-0.2, 0) is 4.79 Å². The molecule has 116 valence electrons. The van der Waals surface area contributed by atoms with Crippen molar-refractivity contribution in [3.8, 4) is 0 Å². The van der Waals surface area contributed by atoms with E-state index in [-0.39, 0.29) is 16.4 Å². The second-order valence-corrected chi connectivity index (χ2v) is 5.96. The molecule has 0 atom stereocenters. The second kappa shape index (κ2) is 6.34. The Morgan fingerprint density at radius 3 is 2.74 bits per heavy atom. The Morgan fingerprint density at radius 1 is 1.17 bits per heavy atom. The normalized spacial score (nSPS) is 17.8. The lowest BCUT2D eigenvalue weighted by molar-refractivity contribution is -0.115. The fraction of sp³-hybridized carbons (Fsp3) is 0.0588. The van der Waals surface area contributed by atoms with E-state index < -0.39 is 11.6 Å². The zero-order chi connectivity index (χ0) is 16.4. The van der Waals surface area contributed by atoms with Crippen LogP contribution in [0.4, 0.5) is 14.5 Å². The number of nitrogens with zero attached hydrogens (tertiary/aromatic N) is 1. The van der Waals surface area contributed by atoms with E-state index in [9.17, 15) is 13.6 Å². The van der Waals surface area contributed by atoms with Gasteiger partial charge in [0.2, 0.25) is 0 Å². The standard InChI is InChI=1S/C17H12F2N2OS/c1-10-4-2-3-5-14(10)20-17-21-16(22)15(23-17)9-11-8-12(18)6-7-13(11)19/h2-9H,1H3,(H,20,21,22)/b15-9+. The zero-order valence-corrected chi connectivity index (χ0v) is 13.0. The monoisotopic (exact) mass is 330 g/mol. The van der Waals surface area contributed by atoms with Crippen LogP contribution in [0.25, 0.3) is 6.08 Å². The Hall–Kier alpha value is -2.47. The minimum Gasteiger partial charge on any atom is -0.300 e. The summed E-state index contributed by atoms with van der Waals surface area (Å²) in [5.41, 5.74) is 1.75. The van der Waals surface area contributed by atoms with Gasteiger partial charge in [-0.3, -0.25) is 4.79 Å². The zero-order valence-electron chi connectivity index (χ0n) is 12.1. The van der Waals surface area contributed by atoms with Gasteiger partial charge in [0, 0.05) is 5.56 Å². The highest BCUT2D eigenvalue weighted by atomic mass is 32.2. The smallest absolute Gasteiger partial charge is 0.264 e. The van der Waals surface area contributed by atoms with Crippen molar-refractivity contribution in [1.82, 2.24) is 5.32 Å². The van der Waals surface area contributed by atoms with Gasteiger partial charge in [-0.25, -0.2) is 13.8 Å². The summed E-state index contributed by atoms with van der Waals surface area (Å²) >= 11 is 1.09. The largest absolute Gasteiger partial charge is 0.300 e. The quantitative estimate of drug-likeness (QED) is 0.840.